The molecule has 0 aromatic heterocycles. The van der Waals surface area contributed by atoms with Crippen molar-refractivity contribution in [2.75, 3.05) is 13.2 Å². The Labute approximate surface area is 116 Å². The lowest BCUT2D eigenvalue weighted by Gasteiger charge is -2.20. The zero-order valence-corrected chi connectivity index (χ0v) is 11.9. The zero-order chi connectivity index (χ0) is 14.6. The Morgan fingerprint density at radius 3 is 2.11 bits per heavy atom. The third-order valence-corrected chi connectivity index (χ3v) is 2.72. The molecule has 19 heavy (non-hydrogen) atoms. The molecule has 0 aliphatic carbocycles. The van der Waals surface area contributed by atoms with Crippen LogP contribution < -0.4 is 0 Å². The summed E-state index contributed by atoms with van der Waals surface area (Å²) in [6, 6.07) is 1.91. The number of ether oxygens (including phenoxy) is 2. The highest BCUT2D eigenvalue weighted by Gasteiger charge is 2.36. The van der Waals surface area contributed by atoms with Gasteiger partial charge in [0.15, 0.2) is 6.29 Å². The van der Waals surface area contributed by atoms with E-state index in [1.807, 2.05) is 0 Å². The van der Waals surface area contributed by atoms with Crippen molar-refractivity contribution in [2.24, 2.45) is 0 Å². The van der Waals surface area contributed by atoms with Gasteiger partial charge < -0.3 is 9.47 Å². The van der Waals surface area contributed by atoms with Crippen molar-refractivity contribution in [2.45, 2.75) is 26.3 Å². The van der Waals surface area contributed by atoms with Gasteiger partial charge in [0.1, 0.15) is 5.82 Å². The molecule has 0 radical (unpaired) electrons. The molecular formula is C12H13BrF4O2. The van der Waals surface area contributed by atoms with E-state index in [-0.39, 0.29) is 23.2 Å². The van der Waals surface area contributed by atoms with Crippen molar-refractivity contribution in [1.82, 2.24) is 0 Å². The summed E-state index contributed by atoms with van der Waals surface area (Å²) in [5.74, 6) is -1.37. The minimum Gasteiger partial charge on any atom is -0.349 e. The third-order valence-electron chi connectivity index (χ3n) is 2.26. The molecule has 1 aromatic carbocycles. The first-order valence-electron chi connectivity index (χ1n) is 5.60. The van der Waals surface area contributed by atoms with E-state index in [2.05, 4.69) is 15.9 Å². The Kier molecular flexibility index (Phi) is 5.76. The molecule has 0 heterocycles. The number of rotatable bonds is 5. The van der Waals surface area contributed by atoms with Crippen LogP contribution in [-0.4, -0.2) is 13.2 Å². The van der Waals surface area contributed by atoms with Crippen LogP contribution in [0, 0.1) is 5.82 Å². The Bertz CT molecular complexity index is 428. The molecule has 1 aromatic rings. The number of benzene rings is 1. The fraction of sp³-hybridized carbons (Fsp3) is 0.500. The van der Waals surface area contributed by atoms with Gasteiger partial charge in [0.2, 0.25) is 0 Å². The Balaban J connectivity index is 3.30. The van der Waals surface area contributed by atoms with Gasteiger partial charge in [-0.1, -0.05) is 15.9 Å². The summed E-state index contributed by atoms with van der Waals surface area (Å²) < 4.78 is 62.4. The maximum Gasteiger partial charge on any atom is 0.419 e. The quantitative estimate of drug-likeness (QED) is 0.570. The van der Waals surface area contributed by atoms with Crippen molar-refractivity contribution >= 4 is 15.9 Å². The van der Waals surface area contributed by atoms with E-state index in [0.29, 0.717) is 6.07 Å². The Morgan fingerprint density at radius 2 is 1.68 bits per heavy atom. The van der Waals surface area contributed by atoms with Gasteiger partial charge in [0, 0.05) is 23.2 Å². The highest BCUT2D eigenvalue weighted by Crippen LogP contribution is 2.37. The predicted octanol–water partition coefficient (Wildman–Crippen LogP) is 4.68. The average Bonchev–Trinajstić information content (AvgIpc) is 2.30. The molecule has 7 heteroatoms. The first-order chi connectivity index (χ1) is 8.81. The summed E-state index contributed by atoms with van der Waals surface area (Å²) in [4.78, 5) is 0. The van der Waals surface area contributed by atoms with Crippen LogP contribution in [0.1, 0.15) is 31.3 Å². The number of alkyl halides is 3. The molecule has 0 spiro atoms. The lowest BCUT2D eigenvalue weighted by Crippen LogP contribution is -2.15. The standard InChI is InChI=1S/C12H13BrF4O2/c1-3-18-11(19-4-2)8-5-7(13)6-9(10(8)14)12(15,16)17/h5-6,11H,3-4H2,1-2H3. The molecule has 0 bridgehead atoms. The van der Waals surface area contributed by atoms with Crippen LogP contribution in [0.5, 0.6) is 0 Å². The van der Waals surface area contributed by atoms with E-state index < -0.39 is 23.8 Å². The SMILES string of the molecule is CCOC(OCC)c1cc(Br)cc(C(F)(F)F)c1F. The maximum absolute atomic E-state index is 13.9. The summed E-state index contributed by atoms with van der Waals surface area (Å²) >= 11 is 2.93. The van der Waals surface area contributed by atoms with E-state index in [9.17, 15) is 17.6 Å². The summed E-state index contributed by atoms with van der Waals surface area (Å²) in [5.41, 5.74) is -1.62. The van der Waals surface area contributed by atoms with E-state index in [1.165, 1.54) is 6.07 Å². The number of hydrogen-bond acceptors (Lipinski definition) is 2. The van der Waals surface area contributed by atoms with Gasteiger partial charge in [-0.2, -0.15) is 13.2 Å². The van der Waals surface area contributed by atoms with E-state index in [4.69, 9.17) is 9.47 Å². The molecule has 0 amide bonds. The van der Waals surface area contributed by atoms with Gasteiger partial charge in [-0.25, -0.2) is 4.39 Å². The lowest BCUT2D eigenvalue weighted by molar-refractivity contribution is -0.147. The second kappa shape index (κ2) is 6.67. The molecule has 1 rings (SSSR count). The fourth-order valence-electron chi connectivity index (χ4n) is 1.52. The second-order valence-electron chi connectivity index (χ2n) is 3.60. The molecule has 2 nitrogen and oxygen atoms in total. The van der Waals surface area contributed by atoms with E-state index >= 15 is 0 Å². The molecule has 0 N–H and O–H groups in total. The molecular weight excluding hydrogens is 332 g/mol. The van der Waals surface area contributed by atoms with Crippen molar-refractivity contribution in [3.05, 3.63) is 33.5 Å². The smallest absolute Gasteiger partial charge is 0.349 e. The van der Waals surface area contributed by atoms with Crippen molar-refractivity contribution in [3.8, 4) is 0 Å². The number of hydrogen-bond donors (Lipinski definition) is 0. The van der Waals surface area contributed by atoms with Gasteiger partial charge >= 0.3 is 6.18 Å². The highest BCUT2D eigenvalue weighted by molar-refractivity contribution is 9.10. The first kappa shape index (κ1) is 16.4. The average molecular weight is 345 g/mol. The minimum atomic E-state index is -4.77. The van der Waals surface area contributed by atoms with Crippen LogP contribution in [0.2, 0.25) is 0 Å². The van der Waals surface area contributed by atoms with Crippen LogP contribution in [0.15, 0.2) is 16.6 Å². The summed E-state index contributed by atoms with van der Waals surface area (Å²) in [7, 11) is 0. The highest BCUT2D eigenvalue weighted by atomic mass is 79.9. The molecule has 0 aliphatic heterocycles. The lowest BCUT2D eigenvalue weighted by atomic mass is 10.1. The zero-order valence-electron chi connectivity index (χ0n) is 10.4. The second-order valence-corrected chi connectivity index (χ2v) is 4.51. The summed E-state index contributed by atoms with van der Waals surface area (Å²) in [6.45, 7) is 3.68. The van der Waals surface area contributed by atoms with Crippen LogP contribution in [0.25, 0.3) is 0 Å². The van der Waals surface area contributed by atoms with E-state index in [0.717, 1.165) is 0 Å². The molecule has 0 unspecified atom stereocenters. The molecule has 0 saturated heterocycles. The number of halogens is 5. The van der Waals surface area contributed by atoms with Gasteiger partial charge in [0.05, 0.1) is 5.56 Å². The Morgan fingerprint density at radius 1 is 1.16 bits per heavy atom. The summed E-state index contributed by atoms with van der Waals surface area (Å²) in [6.07, 6.45) is -5.93. The maximum atomic E-state index is 13.9. The predicted molar refractivity (Wildman–Crippen MR) is 65.1 cm³/mol. The molecule has 108 valence electrons. The van der Waals surface area contributed by atoms with Crippen molar-refractivity contribution < 1.29 is 27.0 Å². The van der Waals surface area contributed by atoms with E-state index in [1.54, 1.807) is 13.8 Å². The first-order valence-corrected chi connectivity index (χ1v) is 6.39. The van der Waals surface area contributed by atoms with Gasteiger partial charge in [0.25, 0.3) is 0 Å². The fourth-order valence-corrected chi connectivity index (χ4v) is 1.99. The third kappa shape index (κ3) is 4.15. The van der Waals surface area contributed by atoms with Crippen LogP contribution in [0.3, 0.4) is 0 Å². The van der Waals surface area contributed by atoms with Gasteiger partial charge in [-0.15, -0.1) is 0 Å². The van der Waals surface area contributed by atoms with Crippen LogP contribution in [-0.2, 0) is 15.7 Å². The molecule has 0 atom stereocenters. The summed E-state index contributed by atoms with van der Waals surface area (Å²) in [5, 5.41) is 0. The molecule has 0 saturated carbocycles. The molecule has 0 aliphatic rings. The monoisotopic (exact) mass is 344 g/mol. The largest absolute Gasteiger partial charge is 0.419 e. The normalized spacial score (nSPS) is 12.2. The van der Waals surface area contributed by atoms with Crippen LogP contribution >= 0.6 is 15.9 Å². The van der Waals surface area contributed by atoms with Crippen molar-refractivity contribution in [1.29, 1.82) is 0 Å². The Hall–Kier alpha value is -0.660. The van der Waals surface area contributed by atoms with Gasteiger partial charge in [-0.3, -0.25) is 0 Å². The van der Waals surface area contributed by atoms with Gasteiger partial charge in [-0.05, 0) is 26.0 Å². The van der Waals surface area contributed by atoms with Crippen molar-refractivity contribution in [3.63, 3.8) is 0 Å². The topological polar surface area (TPSA) is 18.5 Å². The minimum absolute atomic E-state index is 0.112. The van der Waals surface area contributed by atoms with Crippen LogP contribution in [0.4, 0.5) is 17.6 Å². The molecule has 0 fully saturated rings.